The van der Waals surface area contributed by atoms with E-state index in [-0.39, 0.29) is 0 Å². The van der Waals surface area contributed by atoms with E-state index in [0.29, 0.717) is 0 Å². The van der Waals surface area contributed by atoms with Gasteiger partial charge in [0.05, 0.1) is 5.60 Å². The van der Waals surface area contributed by atoms with Gasteiger partial charge in [-0.05, 0) is 29.8 Å². The number of aliphatic hydroxyl groups is 1. The molecule has 0 saturated heterocycles. The van der Waals surface area contributed by atoms with Gasteiger partial charge < -0.3 is 5.11 Å². The van der Waals surface area contributed by atoms with Gasteiger partial charge in [-0.2, -0.15) is 8.78 Å². The summed E-state index contributed by atoms with van der Waals surface area (Å²) in [5, 5.41) is 9.25. The molecule has 68 valence electrons. The first kappa shape index (κ1) is 11.8. The highest BCUT2D eigenvalue weighted by atomic mass is 79.9. The predicted octanol–water partition coefficient (Wildman–Crippen LogP) is 2.90. The van der Waals surface area contributed by atoms with E-state index in [1.807, 2.05) is 0 Å². The van der Waals surface area contributed by atoms with Gasteiger partial charge in [-0.25, -0.2) is 0 Å². The summed E-state index contributed by atoms with van der Waals surface area (Å²) in [7, 11) is 0. The van der Waals surface area contributed by atoms with Gasteiger partial charge in [-0.3, -0.25) is 0 Å². The highest BCUT2D eigenvalue weighted by Crippen LogP contribution is 2.33. The van der Waals surface area contributed by atoms with Gasteiger partial charge in [0.25, 0.3) is 0 Å². The van der Waals surface area contributed by atoms with Crippen molar-refractivity contribution in [1.82, 2.24) is 0 Å². The van der Waals surface area contributed by atoms with Crippen LogP contribution < -0.4 is 0 Å². The molecule has 0 aliphatic carbocycles. The molecular formula is C6H10Br2F2O. The maximum absolute atomic E-state index is 12.3. The zero-order valence-corrected chi connectivity index (χ0v) is 9.42. The van der Waals surface area contributed by atoms with E-state index in [9.17, 15) is 13.9 Å². The molecule has 0 bridgehead atoms. The van der Waals surface area contributed by atoms with Crippen molar-refractivity contribution in [3.05, 3.63) is 0 Å². The van der Waals surface area contributed by atoms with E-state index in [0.717, 1.165) is 0 Å². The Balaban J connectivity index is 3.99. The zero-order chi connectivity index (χ0) is 9.28. The van der Waals surface area contributed by atoms with Crippen LogP contribution in [0.1, 0.15) is 20.3 Å². The largest absolute Gasteiger partial charge is 0.389 e. The third kappa shape index (κ3) is 5.99. The number of hydrogen-bond acceptors (Lipinski definition) is 1. The quantitative estimate of drug-likeness (QED) is 0.794. The van der Waals surface area contributed by atoms with Crippen molar-refractivity contribution in [1.29, 1.82) is 0 Å². The molecule has 0 aliphatic rings. The monoisotopic (exact) mass is 294 g/mol. The van der Waals surface area contributed by atoms with E-state index in [1.54, 1.807) is 0 Å². The van der Waals surface area contributed by atoms with E-state index in [1.165, 1.54) is 13.8 Å². The molecule has 0 aromatic rings. The average molecular weight is 296 g/mol. The Bertz CT molecular complexity index is 128. The lowest BCUT2D eigenvalue weighted by molar-refractivity contribution is 0.0384. The number of hydrogen-bond donors (Lipinski definition) is 1. The Morgan fingerprint density at radius 3 is 1.91 bits per heavy atom. The highest BCUT2D eigenvalue weighted by molar-refractivity contribution is 9.10. The van der Waals surface area contributed by atoms with Crippen LogP contribution in [0.5, 0.6) is 0 Å². The minimum Gasteiger partial charge on any atom is -0.389 e. The van der Waals surface area contributed by atoms with E-state index < -0.39 is 21.7 Å². The fraction of sp³-hybridized carbons (Fsp3) is 1.00. The van der Waals surface area contributed by atoms with Gasteiger partial charge in [0.1, 0.15) is 0 Å². The summed E-state index contributed by atoms with van der Waals surface area (Å²) in [5.74, 6) is 0. The molecule has 1 atom stereocenters. The van der Waals surface area contributed by atoms with Crippen molar-refractivity contribution in [2.75, 3.05) is 0 Å². The van der Waals surface area contributed by atoms with Gasteiger partial charge in [0.2, 0.25) is 0 Å². The molecule has 11 heavy (non-hydrogen) atoms. The molecule has 0 amide bonds. The molecule has 0 aliphatic heterocycles. The standard InChI is InChI=1S/C6H10Br2F2O/c1-5(2,11)4(7)3-6(8,9)10/h4,11H,3H2,1-2H3. The van der Waals surface area contributed by atoms with Crippen LogP contribution in [0.15, 0.2) is 0 Å². The summed E-state index contributed by atoms with van der Waals surface area (Å²) in [5.41, 5.74) is -1.13. The lowest BCUT2D eigenvalue weighted by Gasteiger charge is -2.25. The molecule has 0 saturated carbocycles. The maximum atomic E-state index is 12.3. The van der Waals surface area contributed by atoms with Crippen LogP contribution in [0.4, 0.5) is 8.78 Å². The summed E-state index contributed by atoms with van der Waals surface area (Å²) in [6.07, 6.45) is -0.434. The lowest BCUT2D eigenvalue weighted by atomic mass is 10.0. The summed E-state index contributed by atoms with van der Waals surface area (Å²) in [4.78, 5) is -3.54. The van der Waals surface area contributed by atoms with E-state index in [4.69, 9.17) is 0 Å². The van der Waals surface area contributed by atoms with Gasteiger partial charge in [0, 0.05) is 11.2 Å². The van der Waals surface area contributed by atoms with Crippen molar-refractivity contribution >= 4 is 31.9 Å². The van der Waals surface area contributed by atoms with Crippen LogP contribution in [0.3, 0.4) is 0 Å². The molecule has 5 heteroatoms. The Kier molecular flexibility index (Phi) is 3.92. The van der Waals surface area contributed by atoms with Crippen molar-refractivity contribution in [3.8, 4) is 0 Å². The zero-order valence-electron chi connectivity index (χ0n) is 6.24. The van der Waals surface area contributed by atoms with Crippen molar-refractivity contribution in [2.45, 2.75) is 35.5 Å². The van der Waals surface area contributed by atoms with Crippen molar-refractivity contribution in [2.24, 2.45) is 0 Å². The number of alkyl halides is 4. The molecule has 0 heterocycles. The molecule has 0 fully saturated rings. The van der Waals surface area contributed by atoms with Crippen LogP contribution >= 0.6 is 31.9 Å². The Morgan fingerprint density at radius 2 is 1.82 bits per heavy atom. The molecule has 0 rings (SSSR count). The Hall–Kier alpha value is 0.780. The van der Waals surface area contributed by atoms with Crippen molar-refractivity contribution < 1.29 is 13.9 Å². The van der Waals surface area contributed by atoms with E-state index in [2.05, 4.69) is 31.9 Å². The Morgan fingerprint density at radius 1 is 1.45 bits per heavy atom. The molecule has 1 nitrogen and oxygen atoms in total. The molecule has 1 N–H and O–H groups in total. The average Bonchev–Trinajstić information content (AvgIpc) is 1.56. The smallest absolute Gasteiger partial charge is 0.302 e. The molecule has 0 aromatic heterocycles. The van der Waals surface area contributed by atoms with Gasteiger partial charge in [-0.15, -0.1) is 0 Å². The Labute approximate surface area is 81.4 Å². The van der Waals surface area contributed by atoms with Gasteiger partial charge in [0.15, 0.2) is 0 Å². The van der Waals surface area contributed by atoms with E-state index >= 15 is 0 Å². The topological polar surface area (TPSA) is 20.2 Å². The minimum atomic E-state index is -2.92. The van der Waals surface area contributed by atoms with Crippen molar-refractivity contribution in [3.63, 3.8) is 0 Å². The van der Waals surface area contributed by atoms with Gasteiger partial charge in [-0.1, -0.05) is 15.9 Å². The van der Waals surface area contributed by atoms with Gasteiger partial charge >= 0.3 is 4.83 Å². The van der Waals surface area contributed by atoms with Crippen LogP contribution in [0.2, 0.25) is 0 Å². The fourth-order valence-electron chi connectivity index (χ4n) is 0.453. The second kappa shape index (κ2) is 3.66. The summed E-state index contributed by atoms with van der Waals surface area (Å²) in [6.45, 7) is 2.95. The first-order chi connectivity index (χ1) is 4.63. The third-order valence-electron chi connectivity index (χ3n) is 1.18. The second-order valence-electron chi connectivity index (χ2n) is 2.94. The minimum absolute atomic E-state index is 0.434. The summed E-state index contributed by atoms with van der Waals surface area (Å²) < 4.78 is 24.6. The SMILES string of the molecule is CC(C)(O)C(Br)CC(F)(F)Br. The third-order valence-corrected chi connectivity index (χ3v) is 2.95. The molecular weight excluding hydrogens is 286 g/mol. The first-order valence-electron chi connectivity index (χ1n) is 3.06. The number of rotatable bonds is 3. The fourth-order valence-corrected chi connectivity index (χ4v) is 1.62. The van der Waals surface area contributed by atoms with Crippen LogP contribution in [-0.2, 0) is 0 Å². The normalized spacial score (nSPS) is 16.6. The highest BCUT2D eigenvalue weighted by Gasteiger charge is 2.34. The molecule has 1 unspecified atom stereocenters. The number of halogens is 4. The first-order valence-corrected chi connectivity index (χ1v) is 4.77. The van der Waals surface area contributed by atoms with Crippen LogP contribution in [0, 0.1) is 0 Å². The molecule has 0 radical (unpaired) electrons. The maximum Gasteiger partial charge on any atom is 0.302 e. The summed E-state index contributed by atoms with van der Waals surface area (Å²) >= 11 is 5.17. The molecule has 0 aromatic carbocycles. The lowest BCUT2D eigenvalue weighted by Crippen LogP contribution is -2.34. The second-order valence-corrected chi connectivity index (χ2v) is 5.21. The summed E-state index contributed by atoms with van der Waals surface area (Å²) in [6, 6.07) is 0. The van der Waals surface area contributed by atoms with Crippen LogP contribution in [-0.4, -0.2) is 20.4 Å². The predicted molar refractivity (Wildman–Crippen MR) is 47.5 cm³/mol. The molecule has 0 spiro atoms. The van der Waals surface area contributed by atoms with Crippen LogP contribution in [0.25, 0.3) is 0 Å².